The summed E-state index contributed by atoms with van der Waals surface area (Å²) in [7, 11) is 0. The van der Waals surface area contributed by atoms with E-state index in [0.29, 0.717) is 19.3 Å². The van der Waals surface area contributed by atoms with Gasteiger partial charge in [-0.05, 0) is 43.4 Å². The van der Waals surface area contributed by atoms with Gasteiger partial charge in [0.15, 0.2) is 0 Å². The van der Waals surface area contributed by atoms with Gasteiger partial charge in [0.25, 0.3) is 0 Å². The van der Waals surface area contributed by atoms with Crippen LogP contribution >= 0.6 is 0 Å². The predicted molar refractivity (Wildman–Crippen MR) is 82.2 cm³/mol. The Morgan fingerprint density at radius 2 is 1.82 bits per heavy atom. The average molecular weight is 308 g/mol. The molecular weight excluding hydrogens is 280 g/mol. The molecule has 0 aromatic heterocycles. The molecule has 3 aliphatic carbocycles. The number of hydrogen-bond acceptors (Lipinski definition) is 4. The first-order chi connectivity index (χ1) is 10.1. The number of carbonyl (C=O) groups is 2. The van der Waals surface area contributed by atoms with Gasteiger partial charge in [0.05, 0.1) is 11.7 Å². The Labute approximate surface area is 132 Å². The first-order valence-corrected chi connectivity index (χ1v) is 8.59. The van der Waals surface area contributed by atoms with E-state index in [1.807, 2.05) is 20.8 Å². The molecule has 4 nitrogen and oxygen atoms in total. The molecule has 4 heteroatoms. The fourth-order valence-corrected chi connectivity index (χ4v) is 5.32. The fourth-order valence-electron chi connectivity index (χ4n) is 5.32. The van der Waals surface area contributed by atoms with Crippen molar-refractivity contribution in [3.63, 3.8) is 0 Å². The zero-order valence-electron chi connectivity index (χ0n) is 13.9. The van der Waals surface area contributed by atoms with Gasteiger partial charge in [-0.3, -0.25) is 9.59 Å². The van der Waals surface area contributed by atoms with Crippen molar-refractivity contribution in [3.05, 3.63) is 0 Å². The quantitative estimate of drug-likeness (QED) is 0.720. The Morgan fingerprint density at radius 3 is 2.50 bits per heavy atom. The molecule has 3 rings (SSSR count). The lowest BCUT2D eigenvalue weighted by Gasteiger charge is -2.44. The van der Waals surface area contributed by atoms with E-state index < -0.39 is 28.5 Å². The molecule has 0 aromatic rings. The first kappa shape index (κ1) is 16.1. The largest absolute Gasteiger partial charge is 0.390 e. The van der Waals surface area contributed by atoms with Crippen LogP contribution in [0.25, 0.3) is 0 Å². The van der Waals surface area contributed by atoms with E-state index in [1.54, 1.807) is 0 Å². The van der Waals surface area contributed by atoms with Crippen LogP contribution in [0.1, 0.15) is 65.7 Å². The molecule has 0 aliphatic heterocycles. The van der Waals surface area contributed by atoms with Gasteiger partial charge in [-0.1, -0.05) is 20.8 Å². The second-order valence-electron chi connectivity index (χ2n) is 8.55. The van der Waals surface area contributed by atoms with Crippen molar-refractivity contribution in [3.8, 4) is 0 Å². The SMILES string of the molecule is CC1(C)[C@@H]2CC[C@@]1(O)[C@@H](O)C[C@@H]1C(=O)CCC[C@@]1(C)C(=O)C2. The van der Waals surface area contributed by atoms with Crippen LogP contribution in [-0.2, 0) is 9.59 Å². The second-order valence-corrected chi connectivity index (χ2v) is 8.55. The van der Waals surface area contributed by atoms with Crippen LogP contribution in [-0.4, -0.2) is 33.5 Å². The lowest BCUT2D eigenvalue weighted by molar-refractivity contribution is -0.154. The number of Topliss-reactive ketones (excluding diaryl/α,β-unsaturated/α-hetero) is 2. The van der Waals surface area contributed by atoms with E-state index >= 15 is 0 Å². The molecule has 3 fully saturated rings. The van der Waals surface area contributed by atoms with Crippen LogP contribution in [0.5, 0.6) is 0 Å². The van der Waals surface area contributed by atoms with Crippen molar-refractivity contribution in [2.45, 2.75) is 77.4 Å². The van der Waals surface area contributed by atoms with Gasteiger partial charge in [0, 0.05) is 24.2 Å². The number of ketones is 2. The third-order valence-electron chi connectivity index (χ3n) is 7.37. The lowest BCUT2D eigenvalue weighted by Crippen LogP contribution is -2.53. The van der Waals surface area contributed by atoms with Gasteiger partial charge in [-0.15, -0.1) is 0 Å². The molecular formula is C18H28O4. The van der Waals surface area contributed by atoms with E-state index in [9.17, 15) is 19.8 Å². The normalized spacial score (nSPS) is 48.3. The van der Waals surface area contributed by atoms with Crippen LogP contribution in [0.3, 0.4) is 0 Å². The molecule has 2 bridgehead atoms. The summed E-state index contributed by atoms with van der Waals surface area (Å²) in [4.78, 5) is 25.4. The van der Waals surface area contributed by atoms with E-state index in [-0.39, 0.29) is 23.9 Å². The monoisotopic (exact) mass is 308 g/mol. The van der Waals surface area contributed by atoms with Crippen LogP contribution in [0.2, 0.25) is 0 Å². The van der Waals surface area contributed by atoms with Crippen molar-refractivity contribution >= 4 is 11.6 Å². The highest BCUT2D eigenvalue weighted by Crippen LogP contribution is 2.57. The highest BCUT2D eigenvalue weighted by Gasteiger charge is 2.61. The summed E-state index contributed by atoms with van der Waals surface area (Å²) in [6.45, 7) is 5.82. The Morgan fingerprint density at radius 1 is 1.14 bits per heavy atom. The van der Waals surface area contributed by atoms with E-state index in [2.05, 4.69) is 0 Å². The summed E-state index contributed by atoms with van der Waals surface area (Å²) in [5.41, 5.74) is -2.36. The standard InChI is InChI=1S/C18H28O4/c1-16(2)11-6-8-18(16,22)15(21)10-12-13(19)5-4-7-17(12,3)14(20)9-11/h11-12,15,21-22H,4-10H2,1-3H3/t11-,12-,15+,17-,18-/m1/s1. The zero-order valence-corrected chi connectivity index (χ0v) is 13.9. The molecule has 0 amide bonds. The van der Waals surface area contributed by atoms with Crippen LogP contribution in [0.15, 0.2) is 0 Å². The number of aliphatic hydroxyl groups is 2. The predicted octanol–water partition coefficient (Wildman–Crippen LogP) is 2.25. The smallest absolute Gasteiger partial charge is 0.139 e. The summed E-state index contributed by atoms with van der Waals surface area (Å²) in [5, 5.41) is 21.9. The number of hydrogen-bond donors (Lipinski definition) is 2. The topological polar surface area (TPSA) is 74.6 Å². The van der Waals surface area contributed by atoms with Crippen molar-refractivity contribution in [2.24, 2.45) is 22.7 Å². The highest BCUT2D eigenvalue weighted by atomic mass is 16.3. The van der Waals surface area contributed by atoms with Gasteiger partial charge in [-0.2, -0.15) is 0 Å². The zero-order chi connectivity index (χ0) is 16.3. The van der Waals surface area contributed by atoms with Gasteiger partial charge >= 0.3 is 0 Å². The molecule has 5 atom stereocenters. The number of carbonyl (C=O) groups excluding carboxylic acids is 2. The Kier molecular flexibility index (Phi) is 3.57. The van der Waals surface area contributed by atoms with Crippen LogP contribution in [0.4, 0.5) is 0 Å². The third kappa shape index (κ3) is 1.96. The Hall–Kier alpha value is -0.740. The molecule has 0 heterocycles. The summed E-state index contributed by atoms with van der Waals surface area (Å²) in [6.07, 6.45) is 2.94. The van der Waals surface area contributed by atoms with Gasteiger partial charge in [0.1, 0.15) is 11.6 Å². The lowest BCUT2D eigenvalue weighted by atomic mass is 9.61. The fraction of sp³-hybridized carbons (Fsp3) is 0.889. The molecule has 3 saturated carbocycles. The Balaban J connectivity index is 2.06. The molecule has 0 saturated heterocycles. The maximum Gasteiger partial charge on any atom is 0.139 e. The van der Waals surface area contributed by atoms with E-state index in [0.717, 1.165) is 19.3 Å². The summed E-state index contributed by atoms with van der Waals surface area (Å²) < 4.78 is 0. The van der Waals surface area contributed by atoms with Gasteiger partial charge < -0.3 is 10.2 Å². The molecule has 0 unspecified atom stereocenters. The van der Waals surface area contributed by atoms with Crippen molar-refractivity contribution in [2.75, 3.05) is 0 Å². The maximum absolute atomic E-state index is 13.0. The van der Waals surface area contributed by atoms with Crippen molar-refractivity contribution in [1.82, 2.24) is 0 Å². The maximum atomic E-state index is 13.0. The van der Waals surface area contributed by atoms with Crippen LogP contribution < -0.4 is 0 Å². The molecule has 124 valence electrons. The summed E-state index contributed by atoms with van der Waals surface area (Å²) in [6, 6.07) is 0. The highest BCUT2D eigenvalue weighted by molar-refractivity contribution is 5.93. The number of aliphatic hydroxyl groups excluding tert-OH is 1. The minimum atomic E-state index is -1.19. The average Bonchev–Trinajstić information content (AvgIpc) is 2.67. The summed E-state index contributed by atoms with van der Waals surface area (Å²) in [5.74, 6) is -0.127. The van der Waals surface area contributed by atoms with Crippen molar-refractivity contribution in [1.29, 1.82) is 0 Å². The number of fused-ring (bicyclic) bond motifs is 3. The van der Waals surface area contributed by atoms with Crippen molar-refractivity contribution < 1.29 is 19.8 Å². The Bertz CT molecular complexity index is 511. The number of rotatable bonds is 0. The molecule has 22 heavy (non-hydrogen) atoms. The molecule has 0 radical (unpaired) electrons. The molecule has 2 N–H and O–H groups in total. The molecule has 3 aliphatic rings. The third-order valence-corrected chi connectivity index (χ3v) is 7.37. The first-order valence-electron chi connectivity index (χ1n) is 8.59. The molecule has 0 spiro atoms. The minimum absolute atomic E-state index is 0.0762. The second kappa shape index (κ2) is 4.88. The molecule has 0 aromatic carbocycles. The van der Waals surface area contributed by atoms with E-state index in [4.69, 9.17) is 0 Å². The minimum Gasteiger partial charge on any atom is -0.390 e. The van der Waals surface area contributed by atoms with Gasteiger partial charge in [-0.25, -0.2) is 0 Å². The van der Waals surface area contributed by atoms with Crippen LogP contribution in [0, 0.1) is 22.7 Å². The van der Waals surface area contributed by atoms with E-state index in [1.165, 1.54) is 0 Å². The summed E-state index contributed by atoms with van der Waals surface area (Å²) >= 11 is 0. The van der Waals surface area contributed by atoms with Gasteiger partial charge in [0.2, 0.25) is 0 Å².